The molecule has 1 saturated heterocycles. The molecule has 0 spiro atoms. The number of pyridine rings is 1. The van der Waals surface area contributed by atoms with Crippen LogP contribution in [0.1, 0.15) is 25.7 Å². The first-order chi connectivity index (χ1) is 13.8. The van der Waals surface area contributed by atoms with Crippen LogP contribution in [-0.4, -0.2) is 37.3 Å². The topological polar surface area (TPSA) is 47.5 Å². The largest absolute Gasteiger partial charge is 0.493 e. The summed E-state index contributed by atoms with van der Waals surface area (Å²) in [5.74, 6) is 2.49. The predicted octanol–water partition coefficient (Wildman–Crippen LogP) is 5.27. The minimum atomic E-state index is 0.710. The van der Waals surface area contributed by atoms with E-state index in [2.05, 4.69) is 21.3 Å². The first-order valence-electron chi connectivity index (χ1n) is 9.68. The molecule has 1 aliphatic heterocycles. The Balaban J connectivity index is 1.60. The molecule has 1 aromatic carbocycles. The Labute approximate surface area is 170 Å². The van der Waals surface area contributed by atoms with Crippen molar-refractivity contribution in [3.63, 3.8) is 0 Å². The van der Waals surface area contributed by atoms with Gasteiger partial charge >= 0.3 is 0 Å². The highest BCUT2D eigenvalue weighted by atomic mass is 32.1. The summed E-state index contributed by atoms with van der Waals surface area (Å²) in [7, 11) is 3.29. The molecule has 0 atom stereocenters. The number of anilines is 1. The molecular formula is C22H25N3O2S. The maximum Gasteiger partial charge on any atom is 0.161 e. The lowest BCUT2D eigenvalue weighted by Gasteiger charge is -2.21. The molecule has 0 radical (unpaired) electrons. The Morgan fingerprint density at radius 1 is 0.893 bits per heavy atom. The summed E-state index contributed by atoms with van der Waals surface area (Å²) < 4.78 is 10.7. The number of nitrogens with zero attached hydrogens (tertiary/aromatic N) is 3. The maximum atomic E-state index is 5.42. The van der Waals surface area contributed by atoms with Gasteiger partial charge in [0.05, 0.1) is 19.9 Å². The predicted molar refractivity (Wildman–Crippen MR) is 115 cm³/mol. The molecule has 0 amide bonds. The number of hydrogen-bond donors (Lipinski definition) is 0. The van der Waals surface area contributed by atoms with Gasteiger partial charge in [-0.3, -0.25) is 0 Å². The van der Waals surface area contributed by atoms with E-state index < -0.39 is 0 Å². The van der Waals surface area contributed by atoms with Gasteiger partial charge in [0.1, 0.15) is 10.8 Å². The highest BCUT2D eigenvalue weighted by molar-refractivity contribution is 7.13. The summed E-state index contributed by atoms with van der Waals surface area (Å²) in [6, 6.07) is 10.1. The smallest absolute Gasteiger partial charge is 0.161 e. The van der Waals surface area contributed by atoms with Gasteiger partial charge in [-0.15, -0.1) is 11.3 Å². The summed E-state index contributed by atoms with van der Waals surface area (Å²) >= 11 is 1.65. The summed E-state index contributed by atoms with van der Waals surface area (Å²) in [6.45, 7) is 2.18. The normalized spacial score (nSPS) is 14.6. The molecule has 0 bridgehead atoms. The fraction of sp³-hybridized carbons (Fsp3) is 0.364. The fourth-order valence-electron chi connectivity index (χ4n) is 3.56. The number of hydrogen-bond acceptors (Lipinski definition) is 6. The highest BCUT2D eigenvalue weighted by Gasteiger charge is 2.14. The number of methoxy groups -OCH3 is 2. The SMILES string of the molecule is COc1ccc(-c2csc(-c3ccnc(N4CCCCCC4)c3)n2)cc1OC. The zero-order chi connectivity index (χ0) is 19.3. The van der Waals surface area contributed by atoms with Crippen LogP contribution in [0.3, 0.4) is 0 Å². The van der Waals surface area contributed by atoms with Crippen LogP contribution in [0.4, 0.5) is 5.82 Å². The molecule has 28 heavy (non-hydrogen) atoms. The summed E-state index contributed by atoms with van der Waals surface area (Å²) in [4.78, 5) is 11.9. The van der Waals surface area contributed by atoms with Gasteiger partial charge in [0.15, 0.2) is 11.5 Å². The first-order valence-corrected chi connectivity index (χ1v) is 10.6. The fourth-order valence-corrected chi connectivity index (χ4v) is 4.38. The van der Waals surface area contributed by atoms with Crippen molar-refractivity contribution >= 4 is 17.2 Å². The lowest BCUT2D eigenvalue weighted by atomic mass is 10.1. The molecule has 4 rings (SSSR count). The first kappa shape index (κ1) is 18.7. The van der Waals surface area contributed by atoms with Crippen LogP contribution in [-0.2, 0) is 0 Å². The van der Waals surface area contributed by atoms with Crippen LogP contribution in [0.25, 0.3) is 21.8 Å². The molecule has 0 unspecified atom stereocenters. The van der Waals surface area contributed by atoms with Gasteiger partial charge in [-0.2, -0.15) is 0 Å². The summed E-state index contributed by atoms with van der Waals surface area (Å²) in [5, 5.41) is 3.09. The molecule has 2 aromatic heterocycles. The molecular weight excluding hydrogens is 370 g/mol. The highest BCUT2D eigenvalue weighted by Crippen LogP contribution is 2.35. The van der Waals surface area contributed by atoms with E-state index >= 15 is 0 Å². The Kier molecular flexibility index (Phi) is 5.76. The lowest BCUT2D eigenvalue weighted by Crippen LogP contribution is -2.24. The van der Waals surface area contributed by atoms with Crippen molar-refractivity contribution in [3.05, 3.63) is 41.9 Å². The van der Waals surface area contributed by atoms with Crippen LogP contribution in [0.5, 0.6) is 11.5 Å². The Hall–Kier alpha value is -2.60. The summed E-state index contributed by atoms with van der Waals surface area (Å²) in [6.07, 6.45) is 7.01. The van der Waals surface area contributed by atoms with Crippen LogP contribution in [0, 0.1) is 0 Å². The molecule has 6 heteroatoms. The van der Waals surface area contributed by atoms with Crippen molar-refractivity contribution in [2.45, 2.75) is 25.7 Å². The number of aromatic nitrogens is 2. The van der Waals surface area contributed by atoms with Crippen LogP contribution in [0.2, 0.25) is 0 Å². The number of benzene rings is 1. The monoisotopic (exact) mass is 395 g/mol. The van der Waals surface area contributed by atoms with Gasteiger partial charge in [-0.1, -0.05) is 12.8 Å². The van der Waals surface area contributed by atoms with E-state index in [0.29, 0.717) is 5.75 Å². The number of rotatable bonds is 5. The molecule has 0 N–H and O–H groups in total. The van der Waals surface area contributed by atoms with Gasteiger partial charge in [-0.05, 0) is 43.2 Å². The lowest BCUT2D eigenvalue weighted by molar-refractivity contribution is 0.355. The Morgan fingerprint density at radius 2 is 1.68 bits per heavy atom. The van der Waals surface area contributed by atoms with Crippen molar-refractivity contribution in [3.8, 4) is 33.3 Å². The van der Waals surface area contributed by atoms with E-state index in [4.69, 9.17) is 14.5 Å². The van der Waals surface area contributed by atoms with E-state index in [1.165, 1.54) is 25.7 Å². The van der Waals surface area contributed by atoms with E-state index in [9.17, 15) is 0 Å². The van der Waals surface area contributed by atoms with Gasteiger partial charge in [-0.25, -0.2) is 9.97 Å². The zero-order valence-corrected chi connectivity index (χ0v) is 17.2. The molecule has 1 fully saturated rings. The van der Waals surface area contributed by atoms with Gasteiger partial charge in [0, 0.05) is 35.8 Å². The molecule has 1 aliphatic rings. The van der Waals surface area contributed by atoms with Crippen molar-refractivity contribution in [1.29, 1.82) is 0 Å². The zero-order valence-electron chi connectivity index (χ0n) is 16.4. The molecule has 3 heterocycles. The van der Waals surface area contributed by atoms with E-state index in [-0.39, 0.29) is 0 Å². The maximum absolute atomic E-state index is 5.42. The second kappa shape index (κ2) is 8.61. The standard InChI is InChI=1S/C22H25N3O2S/c1-26-19-8-7-16(13-20(19)27-2)18-15-28-22(24-18)17-9-10-23-21(14-17)25-11-5-3-4-6-12-25/h7-10,13-15H,3-6,11-12H2,1-2H3. The summed E-state index contributed by atoms with van der Waals surface area (Å²) in [5.41, 5.74) is 3.07. The van der Waals surface area contributed by atoms with Crippen LogP contribution in [0.15, 0.2) is 41.9 Å². The minimum Gasteiger partial charge on any atom is -0.493 e. The van der Waals surface area contributed by atoms with Gasteiger partial charge in [0.25, 0.3) is 0 Å². The molecule has 0 saturated carbocycles. The number of ether oxygens (including phenoxy) is 2. The van der Waals surface area contributed by atoms with Gasteiger partial charge in [0.2, 0.25) is 0 Å². The van der Waals surface area contributed by atoms with Gasteiger partial charge < -0.3 is 14.4 Å². The molecule has 0 aliphatic carbocycles. The second-order valence-electron chi connectivity index (χ2n) is 6.91. The third kappa shape index (κ3) is 3.97. The van der Waals surface area contributed by atoms with Crippen molar-refractivity contribution in [2.75, 3.05) is 32.2 Å². The number of thiazole rings is 1. The molecule has 3 aromatic rings. The van der Waals surface area contributed by atoms with E-state index in [1.54, 1.807) is 25.6 Å². The van der Waals surface area contributed by atoms with Crippen LogP contribution >= 0.6 is 11.3 Å². The Morgan fingerprint density at radius 3 is 2.43 bits per heavy atom. The molecule has 146 valence electrons. The third-order valence-electron chi connectivity index (χ3n) is 5.11. The van der Waals surface area contributed by atoms with Crippen molar-refractivity contribution < 1.29 is 9.47 Å². The molecule has 5 nitrogen and oxygen atoms in total. The third-order valence-corrected chi connectivity index (χ3v) is 6.00. The quantitative estimate of drug-likeness (QED) is 0.589. The van der Waals surface area contributed by atoms with E-state index in [1.807, 2.05) is 30.5 Å². The second-order valence-corrected chi connectivity index (χ2v) is 7.77. The average molecular weight is 396 g/mol. The van der Waals surface area contributed by atoms with Crippen molar-refractivity contribution in [2.24, 2.45) is 0 Å². The van der Waals surface area contributed by atoms with Crippen molar-refractivity contribution in [1.82, 2.24) is 9.97 Å². The minimum absolute atomic E-state index is 0.710. The van der Waals surface area contributed by atoms with E-state index in [0.717, 1.165) is 46.5 Å². The average Bonchev–Trinajstić information content (AvgIpc) is 3.09. The van der Waals surface area contributed by atoms with Crippen LogP contribution < -0.4 is 14.4 Å². The Bertz CT molecular complexity index is 933.